The zero-order valence-electron chi connectivity index (χ0n) is 18.3. The lowest BCUT2D eigenvalue weighted by Gasteiger charge is -2.33. The molecule has 0 bridgehead atoms. The number of carbonyl (C=O) groups excluding carboxylic acids is 3. The third-order valence-corrected chi connectivity index (χ3v) is 6.40. The Balaban J connectivity index is 1.66. The van der Waals surface area contributed by atoms with E-state index in [1.807, 2.05) is 19.1 Å². The van der Waals surface area contributed by atoms with Crippen LogP contribution in [0, 0.1) is 13.8 Å². The van der Waals surface area contributed by atoms with Gasteiger partial charge in [0.2, 0.25) is 17.7 Å². The molecule has 1 atom stereocenters. The minimum atomic E-state index is -1.35. The average Bonchev–Trinajstić information content (AvgIpc) is 3.45. The number of anilines is 2. The third kappa shape index (κ3) is 2.50. The average molecular weight is 457 g/mol. The third-order valence-electron chi connectivity index (χ3n) is 6.40. The summed E-state index contributed by atoms with van der Waals surface area (Å²) in [5, 5.41) is 7.54. The maximum Gasteiger partial charge on any atom is 0.243 e. The van der Waals surface area contributed by atoms with Crippen molar-refractivity contribution in [1.82, 2.24) is 29.7 Å². The molecule has 1 spiro atoms. The van der Waals surface area contributed by atoms with Crippen molar-refractivity contribution >= 4 is 40.4 Å². The summed E-state index contributed by atoms with van der Waals surface area (Å²) in [6, 6.07) is 5.52. The van der Waals surface area contributed by atoms with E-state index < -0.39 is 11.3 Å². The molecular weight excluding hydrogens is 438 g/mol. The van der Waals surface area contributed by atoms with Crippen molar-refractivity contribution in [1.29, 1.82) is 0 Å². The number of nitrogens with zero attached hydrogens (tertiary/aromatic N) is 6. The minimum absolute atomic E-state index is 0.125. The van der Waals surface area contributed by atoms with Crippen molar-refractivity contribution < 1.29 is 14.4 Å². The van der Waals surface area contributed by atoms with Gasteiger partial charge in [-0.2, -0.15) is 9.78 Å². The van der Waals surface area contributed by atoms with E-state index in [1.54, 1.807) is 13.0 Å². The predicted octanol–water partition coefficient (Wildman–Crippen LogP) is 0.616. The number of aryl methyl sites for hydroxylation is 2. The number of carbonyl (C=O) groups is 3. The Morgan fingerprint density at radius 2 is 2.03 bits per heavy atom. The number of aromatic nitrogens is 6. The Bertz CT molecular complexity index is 1550. The van der Waals surface area contributed by atoms with Gasteiger partial charge >= 0.3 is 0 Å². The van der Waals surface area contributed by atoms with E-state index in [1.165, 1.54) is 22.2 Å². The molecule has 6 rings (SSSR count). The maximum absolute atomic E-state index is 14.0. The summed E-state index contributed by atoms with van der Waals surface area (Å²) in [6.45, 7) is 3.39. The molecule has 12 heteroatoms. The first-order valence-electron chi connectivity index (χ1n) is 10.6. The fraction of sp³-hybridized carbons (Fsp3) is 0.227. The molecule has 34 heavy (non-hydrogen) atoms. The van der Waals surface area contributed by atoms with E-state index in [-0.39, 0.29) is 24.8 Å². The Morgan fingerprint density at radius 3 is 2.82 bits per heavy atom. The molecule has 5 heterocycles. The van der Waals surface area contributed by atoms with Gasteiger partial charge in [-0.15, -0.1) is 0 Å². The first-order valence-corrected chi connectivity index (χ1v) is 10.6. The molecule has 0 saturated carbocycles. The van der Waals surface area contributed by atoms with Crippen molar-refractivity contribution in [2.24, 2.45) is 5.73 Å². The minimum Gasteiger partial charge on any atom is -0.368 e. The number of benzene rings is 1. The lowest BCUT2D eigenvalue weighted by atomic mass is 9.70. The van der Waals surface area contributed by atoms with Gasteiger partial charge in [-0.05, 0) is 25.5 Å². The molecule has 170 valence electrons. The van der Waals surface area contributed by atoms with Gasteiger partial charge in [0, 0.05) is 17.7 Å². The van der Waals surface area contributed by atoms with Gasteiger partial charge in [0.15, 0.2) is 11.5 Å². The fourth-order valence-electron chi connectivity index (χ4n) is 5.13. The number of H-pyrrole nitrogens is 1. The van der Waals surface area contributed by atoms with E-state index in [9.17, 15) is 14.4 Å². The molecule has 0 radical (unpaired) electrons. The Labute approximate surface area is 192 Å². The molecule has 12 nitrogen and oxygen atoms in total. The summed E-state index contributed by atoms with van der Waals surface area (Å²) < 4.78 is 1.49. The van der Waals surface area contributed by atoms with Crippen LogP contribution < -0.4 is 16.0 Å². The lowest BCUT2D eigenvalue weighted by molar-refractivity contribution is -0.127. The van der Waals surface area contributed by atoms with E-state index >= 15 is 0 Å². The Morgan fingerprint density at radius 1 is 1.21 bits per heavy atom. The number of aromatic amines is 1. The fourth-order valence-corrected chi connectivity index (χ4v) is 5.13. The summed E-state index contributed by atoms with van der Waals surface area (Å²) in [5.41, 5.74) is 8.30. The van der Waals surface area contributed by atoms with Crippen LogP contribution in [0.5, 0.6) is 0 Å². The van der Waals surface area contributed by atoms with Gasteiger partial charge < -0.3 is 20.9 Å². The largest absolute Gasteiger partial charge is 0.368 e. The van der Waals surface area contributed by atoms with Crippen molar-refractivity contribution in [2.75, 3.05) is 16.8 Å². The monoisotopic (exact) mass is 457 g/mol. The highest BCUT2D eigenvalue weighted by Crippen LogP contribution is 2.53. The van der Waals surface area contributed by atoms with Crippen LogP contribution in [0.2, 0.25) is 0 Å². The quantitative estimate of drug-likeness (QED) is 0.405. The molecule has 4 N–H and O–H groups in total. The Hall–Kier alpha value is -4.61. The molecular formula is C22H19N9O3. The highest BCUT2D eigenvalue weighted by molar-refractivity contribution is 6.17. The standard InChI is InChI=1S/C22H19N9O3/c1-10-3-4-13-12(5-10)22(21(34)30(13)7-14(23)32)6-15(33)28-19-16(22)11(2)29-31(19)20-17-18(25-8-24-17)26-9-27-20/h3-5,8-9H,6-7H2,1-2H3,(H2,23,32)(H,28,33)(H,24,25,26,27). The molecule has 2 aliphatic rings. The normalized spacial score (nSPS) is 18.9. The molecule has 0 saturated heterocycles. The maximum atomic E-state index is 14.0. The number of primary amides is 1. The summed E-state index contributed by atoms with van der Waals surface area (Å²) in [5.74, 6) is -0.670. The number of hydrogen-bond donors (Lipinski definition) is 3. The molecule has 2 aliphatic heterocycles. The van der Waals surface area contributed by atoms with Gasteiger partial charge in [0.25, 0.3) is 0 Å². The smallest absolute Gasteiger partial charge is 0.243 e. The van der Waals surface area contributed by atoms with Gasteiger partial charge in [-0.1, -0.05) is 17.7 Å². The van der Waals surface area contributed by atoms with Crippen LogP contribution in [0.15, 0.2) is 30.9 Å². The van der Waals surface area contributed by atoms with Gasteiger partial charge in [0.05, 0.1) is 12.0 Å². The molecule has 0 fully saturated rings. The Kier molecular flexibility index (Phi) is 3.95. The van der Waals surface area contributed by atoms with Crippen LogP contribution >= 0.6 is 0 Å². The SMILES string of the molecule is Cc1ccc2c(c1)C1(CC(=O)Nc3c1c(C)nn3-c1ncnc3nc[nH]c13)C(=O)N2CC(N)=O. The number of amides is 3. The number of nitrogens with two attached hydrogens (primary N) is 1. The van der Waals surface area contributed by atoms with Crippen molar-refractivity contribution in [3.63, 3.8) is 0 Å². The molecule has 3 aromatic heterocycles. The second kappa shape index (κ2) is 6.70. The molecule has 1 aromatic carbocycles. The lowest BCUT2D eigenvalue weighted by Crippen LogP contribution is -2.48. The molecule has 4 aromatic rings. The molecule has 0 aliphatic carbocycles. The molecule has 1 unspecified atom stereocenters. The van der Waals surface area contributed by atoms with Crippen LogP contribution in [0.4, 0.5) is 11.5 Å². The van der Waals surface area contributed by atoms with Crippen LogP contribution in [0.25, 0.3) is 17.0 Å². The van der Waals surface area contributed by atoms with E-state index in [2.05, 4.69) is 30.4 Å². The summed E-state index contributed by atoms with van der Waals surface area (Å²) >= 11 is 0. The van der Waals surface area contributed by atoms with Crippen LogP contribution in [-0.2, 0) is 19.8 Å². The zero-order valence-corrected chi connectivity index (χ0v) is 18.3. The number of nitrogens with one attached hydrogen (secondary N) is 2. The zero-order chi connectivity index (χ0) is 23.8. The molecule has 3 amide bonds. The van der Waals surface area contributed by atoms with Crippen LogP contribution in [-0.4, -0.2) is 54.0 Å². The predicted molar refractivity (Wildman–Crippen MR) is 120 cm³/mol. The second-order valence-electron chi connectivity index (χ2n) is 8.53. The summed E-state index contributed by atoms with van der Waals surface area (Å²) in [4.78, 5) is 55.9. The van der Waals surface area contributed by atoms with Crippen molar-refractivity contribution in [2.45, 2.75) is 25.7 Å². The van der Waals surface area contributed by atoms with Crippen LogP contribution in [0.1, 0.15) is 28.8 Å². The van der Waals surface area contributed by atoms with Gasteiger partial charge in [-0.3, -0.25) is 14.4 Å². The number of rotatable bonds is 3. The van der Waals surface area contributed by atoms with Gasteiger partial charge in [0.1, 0.15) is 29.6 Å². The van der Waals surface area contributed by atoms with Crippen molar-refractivity contribution in [3.8, 4) is 5.82 Å². The first kappa shape index (κ1) is 20.0. The first-order chi connectivity index (χ1) is 16.3. The van der Waals surface area contributed by atoms with Crippen molar-refractivity contribution in [3.05, 3.63) is 53.2 Å². The number of imidazole rings is 1. The second-order valence-corrected chi connectivity index (χ2v) is 8.53. The highest BCUT2D eigenvalue weighted by Gasteiger charge is 2.58. The highest BCUT2D eigenvalue weighted by atomic mass is 16.2. The van der Waals surface area contributed by atoms with E-state index in [0.29, 0.717) is 45.3 Å². The number of hydrogen-bond acceptors (Lipinski definition) is 7. The van der Waals surface area contributed by atoms with E-state index in [0.717, 1.165) is 5.56 Å². The summed E-state index contributed by atoms with van der Waals surface area (Å²) in [6.07, 6.45) is 2.73. The summed E-state index contributed by atoms with van der Waals surface area (Å²) in [7, 11) is 0. The number of fused-ring (bicyclic) bond motifs is 5. The van der Waals surface area contributed by atoms with Gasteiger partial charge in [-0.25, -0.2) is 15.0 Å². The van der Waals surface area contributed by atoms with E-state index in [4.69, 9.17) is 5.73 Å². The van der Waals surface area contributed by atoms with Crippen LogP contribution in [0.3, 0.4) is 0 Å². The topological polar surface area (TPSA) is 165 Å².